The normalized spacial score (nSPS) is 14.2. The summed E-state index contributed by atoms with van der Waals surface area (Å²) in [5, 5.41) is 2.46. The molecule has 2 rings (SSSR count). The first kappa shape index (κ1) is 15.7. The second kappa shape index (κ2) is 6.36. The summed E-state index contributed by atoms with van der Waals surface area (Å²) in [6.07, 6.45) is 0.456. The Morgan fingerprint density at radius 2 is 2.33 bits per heavy atom. The topological polar surface area (TPSA) is 130 Å². The molecule has 5 N–H and O–H groups in total. The lowest BCUT2D eigenvalue weighted by atomic mass is 10.1. The van der Waals surface area contributed by atoms with Crippen molar-refractivity contribution in [2.45, 2.75) is 13.3 Å². The Hall–Kier alpha value is -1.73. The molecule has 1 atom stereocenters. The predicted molar refractivity (Wildman–Crippen MR) is 77.8 cm³/mol. The van der Waals surface area contributed by atoms with E-state index >= 15 is 0 Å². The summed E-state index contributed by atoms with van der Waals surface area (Å²) in [6.45, 7) is 2.03. The molecule has 8 nitrogen and oxygen atoms in total. The largest absolute Gasteiger partial charge is 0.402 e. The molecule has 0 spiro atoms. The van der Waals surface area contributed by atoms with Crippen LogP contribution in [0.2, 0.25) is 0 Å². The van der Waals surface area contributed by atoms with Crippen molar-refractivity contribution in [3.8, 4) is 0 Å². The van der Waals surface area contributed by atoms with Gasteiger partial charge < -0.3 is 15.6 Å². The highest BCUT2D eigenvalue weighted by Gasteiger charge is 2.17. The number of imidazole rings is 1. The molecule has 0 bridgehead atoms. The van der Waals surface area contributed by atoms with Gasteiger partial charge in [-0.15, -0.1) is 0 Å². The number of primary amides is 1. The van der Waals surface area contributed by atoms with E-state index in [9.17, 15) is 14.3 Å². The molecule has 9 heteroatoms. The zero-order chi connectivity index (χ0) is 15.5. The number of carbonyl (C=O) groups excluding carboxylic acids is 1. The zero-order valence-corrected chi connectivity index (χ0v) is 12.4. The Balaban J connectivity index is 2.12. The van der Waals surface area contributed by atoms with Crippen LogP contribution in [0, 0.1) is 0 Å². The first-order valence-corrected chi connectivity index (χ1v) is 8.00. The van der Waals surface area contributed by atoms with Crippen LogP contribution in [0.1, 0.15) is 23.1 Å². The first-order valence-electron chi connectivity index (χ1n) is 6.43. The molecule has 1 unspecified atom stereocenters. The summed E-state index contributed by atoms with van der Waals surface area (Å²) in [6, 6.07) is 5.42. The van der Waals surface area contributed by atoms with Gasteiger partial charge in [0.25, 0.3) is 5.91 Å². The fraction of sp³-hybridized carbons (Fsp3) is 0.333. The van der Waals surface area contributed by atoms with Crippen LogP contribution in [-0.2, 0) is 15.5 Å². The van der Waals surface area contributed by atoms with E-state index in [1.165, 1.54) is 0 Å². The number of H-pyrrole nitrogens is 1. The number of rotatable bonds is 7. The maximum Gasteiger partial charge on any atom is 0.402 e. The van der Waals surface area contributed by atoms with Crippen LogP contribution in [0.15, 0.2) is 18.2 Å². The molecule has 0 radical (unpaired) electrons. The van der Waals surface area contributed by atoms with E-state index in [4.69, 9.17) is 10.3 Å². The van der Waals surface area contributed by atoms with Crippen LogP contribution in [0.25, 0.3) is 11.0 Å². The van der Waals surface area contributed by atoms with Gasteiger partial charge in [0.05, 0.1) is 17.6 Å². The van der Waals surface area contributed by atoms with E-state index in [1.54, 1.807) is 13.0 Å². The number of nitrogens with one attached hydrogen (secondary N) is 2. The molecule has 0 saturated carbocycles. The van der Waals surface area contributed by atoms with E-state index < -0.39 is 13.7 Å². The van der Waals surface area contributed by atoms with Crippen molar-refractivity contribution in [1.82, 2.24) is 15.1 Å². The molecule has 1 aromatic heterocycles. The van der Waals surface area contributed by atoms with Crippen LogP contribution in [0.3, 0.4) is 0 Å². The summed E-state index contributed by atoms with van der Waals surface area (Å²) in [5.41, 5.74) is 7.34. The van der Waals surface area contributed by atoms with Gasteiger partial charge in [0, 0.05) is 6.54 Å². The highest BCUT2D eigenvalue weighted by Crippen LogP contribution is 2.36. The maximum atomic E-state index is 11.5. The van der Waals surface area contributed by atoms with Crippen molar-refractivity contribution >= 4 is 24.7 Å². The minimum atomic E-state index is -3.75. The van der Waals surface area contributed by atoms with Crippen molar-refractivity contribution in [3.05, 3.63) is 29.6 Å². The third kappa shape index (κ3) is 3.89. The minimum Gasteiger partial charge on any atom is -0.363 e. The minimum absolute atomic E-state index is 0.0903. The molecule has 0 saturated heterocycles. The van der Waals surface area contributed by atoms with Gasteiger partial charge >= 0.3 is 7.75 Å². The molecule has 2 aromatic rings. The Morgan fingerprint density at radius 1 is 1.57 bits per heavy atom. The number of fused-ring (bicyclic) bond motifs is 1. The van der Waals surface area contributed by atoms with Gasteiger partial charge in [-0.05, 0) is 25.0 Å². The number of benzene rings is 1. The standard InChI is InChI=1S/C12H17N4O4P/c1-2-20-21(18,19)14-7-6-8-4-3-5-9-10(8)16-12(15-9)11(13)17/h3-5H,2,6-7H2,1H3,(H2,13,17)(H,15,16)(H2,14,18,19). The van der Waals surface area contributed by atoms with Crippen LogP contribution in [0.4, 0.5) is 0 Å². The molecule has 1 heterocycles. The Bertz CT molecular complexity index is 700. The monoisotopic (exact) mass is 312 g/mol. The van der Waals surface area contributed by atoms with Gasteiger partial charge in [0.1, 0.15) is 0 Å². The fourth-order valence-corrected chi connectivity index (χ4v) is 2.80. The van der Waals surface area contributed by atoms with Gasteiger partial charge in [0.2, 0.25) is 0 Å². The van der Waals surface area contributed by atoms with E-state index in [-0.39, 0.29) is 19.0 Å². The van der Waals surface area contributed by atoms with Gasteiger partial charge in [-0.1, -0.05) is 12.1 Å². The average molecular weight is 312 g/mol. The molecule has 0 aliphatic carbocycles. The van der Waals surface area contributed by atoms with Crippen molar-refractivity contribution in [2.24, 2.45) is 5.73 Å². The number of nitrogens with zero attached hydrogens (tertiary/aromatic N) is 1. The first-order chi connectivity index (χ1) is 9.93. The molecular formula is C12H17N4O4P. The summed E-state index contributed by atoms with van der Waals surface area (Å²) < 4.78 is 16.2. The Labute approximate surface area is 121 Å². The Morgan fingerprint density at radius 3 is 3.00 bits per heavy atom. The lowest BCUT2D eigenvalue weighted by molar-refractivity contribution is 0.0991. The predicted octanol–water partition coefficient (Wildman–Crippen LogP) is 0.931. The zero-order valence-electron chi connectivity index (χ0n) is 11.5. The number of amides is 1. The quantitative estimate of drug-likeness (QED) is 0.563. The summed E-state index contributed by atoms with van der Waals surface area (Å²) in [4.78, 5) is 27.5. The number of aromatic nitrogens is 2. The number of hydrogen-bond donors (Lipinski definition) is 4. The smallest absolute Gasteiger partial charge is 0.363 e. The van der Waals surface area contributed by atoms with Crippen LogP contribution < -0.4 is 10.8 Å². The van der Waals surface area contributed by atoms with Crippen molar-refractivity contribution < 1.29 is 18.8 Å². The molecule has 1 aromatic carbocycles. The van der Waals surface area contributed by atoms with E-state index in [0.29, 0.717) is 17.5 Å². The molecule has 0 aliphatic heterocycles. The molecule has 0 aliphatic rings. The summed E-state index contributed by atoms with van der Waals surface area (Å²) >= 11 is 0. The number of para-hydroxylation sites is 1. The van der Waals surface area contributed by atoms with Crippen molar-refractivity contribution in [3.63, 3.8) is 0 Å². The fourth-order valence-electron chi connectivity index (χ4n) is 1.96. The van der Waals surface area contributed by atoms with Crippen LogP contribution in [0.5, 0.6) is 0 Å². The van der Waals surface area contributed by atoms with E-state index in [2.05, 4.69) is 15.1 Å². The third-order valence-corrected chi connectivity index (χ3v) is 4.07. The van der Waals surface area contributed by atoms with Crippen molar-refractivity contribution in [2.75, 3.05) is 13.2 Å². The van der Waals surface area contributed by atoms with Crippen LogP contribution in [-0.4, -0.2) is 33.9 Å². The molecule has 1 amide bonds. The maximum absolute atomic E-state index is 11.5. The van der Waals surface area contributed by atoms with E-state index in [0.717, 1.165) is 5.56 Å². The number of carbonyl (C=O) groups is 1. The second-order valence-corrected chi connectivity index (χ2v) is 5.97. The second-order valence-electron chi connectivity index (χ2n) is 4.36. The molecular weight excluding hydrogens is 295 g/mol. The van der Waals surface area contributed by atoms with E-state index in [1.807, 2.05) is 12.1 Å². The lowest BCUT2D eigenvalue weighted by Gasteiger charge is -2.11. The lowest BCUT2D eigenvalue weighted by Crippen LogP contribution is -2.15. The Kier molecular flexibility index (Phi) is 4.74. The van der Waals surface area contributed by atoms with Gasteiger partial charge in [-0.2, -0.15) is 0 Å². The average Bonchev–Trinajstić information content (AvgIpc) is 2.83. The highest BCUT2D eigenvalue weighted by atomic mass is 31.2. The number of aromatic amines is 1. The molecule has 114 valence electrons. The third-order valence-electron chi connectivity index (χ3n) is 2.84. The van der Waals surface area contributed by atoms with Crippen LogP contribution >= 0.6 is 7.75 Å². The molecule has 0 fully saturated rings. The SMILES string of the molecule is CCOP(=O)(O)NCCc1cccc2[nH]c(C(N)=O)nc12. The summed E-state index contributed by atoms with van der Waals surface area (Å²) in [5.74, 6) is -0.543. The molecule has 21 heavy (non-hydrogen) atoms. The number of nitrogens with two attached hydrogens (primary N) is 1. The van der Waals surface area contributed by atoms with Crippen molar-refractivity contribution in [1.29, 1.82) is 0 Å². The van der Waals surface area contributed by atoms with Gasteiger partial charge in [-0.25, -0.2) is 14.6 Å². The van der Waals surface area contributed by atoms with Gasteiger partial charge in [-0.3, -0.25) is 9.32 Å². The van der Waals surface area contributed by atoms with Gasteiger partial charge in [0.15, 0.2) is 5.82 Å². The number of hydrogen-bond acceptors (Lipinski definition) is 4. The summed E-state index contributed by atoms with van der Waals surface area (Å²) in [7, 11) is -3.75. The highest BCUT2D eigenvalue weighted by molar-refractivity contribution is 7.50.